The molecule has 1 aliphatic heterocycles. The minimum Gasteiger partial charge on any atom is -0.512 e. The van der Waals surface area contributed by atoms with Crippen molar-refractivity contribution in [1.82, 2.24) is 5.32 Å². The van der Waals surface area contributed by atoms with Crippen LogP contribution in [0.1, 0.15) is 25.7 Å². The molecule has 0 radical (unpaired) electrons. The molecule has 0 spiro atoms. The summed E-state index contributed by atoms with van der Waals surface area (Å²) in [6.45, 7) is 1.06. The van der Waals surface area contributed by atoms with E-state index in [1.807, 2.05) is 6.08 Å². The number of allylic oxidation sites excluding steroid dienone is 2. The molecular weight excluding hydrogens is 242 g/mol. The number of rotatable bonds is 0. The minimum atomic E-state index is 0.289. The second kappa shape index (κ2) is 4.49. The first-order valence-electron chi connectivity index (χ1n) is 5.28. The van der Waals surface area contributed by atoms with E-state index in [-0.39, 0.29) is 5.92 Å². The molecule has 0 saturated carbocycles. The lowest BCUT2D eigenvalue weighted by Crippen LogP contribution is -2.38. The van der Waals surface area contributed by atoms with Crippen molar-refractivity contribution in [2.24, 2.45) is 5.92 Å². The number of halogens is 1. The van der Waals surface area contributed by atoms with E-state index < -0.39 is 0 Å². The van der Waals surface area contributed by atoms with E-state index in [1.165, 1.54) is 19.3 Å². The van der Waals surface area contributed by atoms with Crippen molar-refractivity contribution >= 4 is 15.9 Å². The number of hydrogen-bond acceptors (Lipinski definition) is 2. The van der Waals surface area contributed by atoms with Crippen LogP contribution in [0.2, 0.25) is 0 Å². The molecule has 1 saturated heterocycles. The molecule has 2 N–H and O–H groups in total. The normalized spacial score (nSPS) is 33.5. The first-order chi connectivity index (χ1) is 6.77. The Balaban J connectivity index is 2.14. The Labute approximate surface area is 93.2 Å². The maximum Gasteiger partial charge on any atom is 0.0983 e. The van der Waals surface area contributed by atoms with Gasteiger partial charge in [-0.25, -0.2) is 0 Å². The Bertz CT molecular complexity index is 272. The molecule has 1 fully saturated rings. The van der Waals surface area contributed by atoms with Crippen molar-refractivity contribution in [3.63, 3.8) is 0 Å². The molecule has 2 unspecified atom stereocenters. The molecule has 1 heterocycles. The van der Waals surface area contributed by atoms with Gasteiger partial charge in [-0.2, -0.15) is 0 Å². The van der Waals surface area contributed by atoms with Crippen molar-refractivity contribution in [3.05, 3.63) is 22.4 Å². The molecular formula is C11H16BrNO. The average molecular weight is 258 g/mol. The van der Waals surface area contributed by atoms with Crippen LogP contribution in [0.3, 0.4) is 0 Å². The number of hydrogen-bond donors (Lipinski definition) is 2. The molecule has 2 atom stereocenters. The lowest BCUT2D eigenvalue weighted by Gasteiger charge is -2.30. The first kappa shape index (κ1) is 10.2. The van der Waals surface area contributed by atoms with Gasteiger partial charge in [0.05, 0.1) is 5.76 Å². The van der Waals surface area contributed by atoms with Crippen molar-refractivity contribution in [2.75, 3.05) is 6.54 Å². The summed E-state index contributed by atoms with van der Waals surface area (Å²) >= 11 is 3.42. The van der Waals surface area contributed by atoms with E-state index in [2.05, 4.69) is 27.3 Å². The largest absolute Gasteiger partial charge is 0.512 e. The van der Waals surface area contributed by atoms with Gasteiger partial charge in [-0.1, -0.05) is 34.8 Å². The zero-order valence-electron chi connectivity index (χ0n) is 8.17. The molecule has 0 aromatic heterocycles. The van der Waals surface area contributed by atoms with E-state index in [1.54, 1.807) is 0 Å². The van der Waals surface area contributed by atoms with Gasteiger partial charge >= 0.3 is 0 Å². The van der Waals surface area contributed by atoms with E-state index in [0.29, 0.717) is 11.8 Å². The molecule has 0 aromatic carbocycles. The molecule has 3 heteroatoms. The van der Waals surface area contributed by atoms with Gasteiger partial charge in [0.1, 0.15) is 0 Å². The number of aliphatic hydroxyl groups excluding tert-OH is 1. The van der Waals surface area contributed by atoms with E-state index >= 15 is 0 Å². The van der Waals surface area contributed by atoms with E-state index in [9.17, 15) is 5.11 Å². The van der Waals surface area contributed by atoms with Crippen LogP contribution in [-0.4, -0.2) is 17.7 Å². The summed E-state index contributed by atoms with van der Waals surface area (Å²) < 4.78 is 0.990. The monoisotopic (exact) mass is 257 g/mol. The fourth-order valence-corrected chi connectivity index (χ4v) is 2.75. The Kier molecular flexibility index (Phi) is 3.29. The highest BCUT2D eigenvalue weighted by molar-refractivity contribution is 9.11. The molecule has 2 nitrogen and oxygen atoms in total. The maximum absolute atomic E-state index is 9.84. The van der Waals surface area contributed by atoms with Crippen LogP contribution in [0.5, 0.6) is 0 Å². The number of aliphatic hydroxyl groups is 1. The average Bonchev–Trinajstić information content (AvgIpc) is 2.07. The fraction of sp³-hybridized carbons (Fsp3) is 0.636. The predicted octanol–water partition coefficient (Wildman–Crippen LogP) is 2.87. The van der Waals surface area contributed by atoms with E-state index in [0.717, 1.165) is 17.4 Å². The third-order valence-electron chi connectivity index (χ3n) is 3.01. The zero-order valence-corrected chi connectivity index (χ0v) is 9.76. The van der Waals surface area contributed by atoms with Crippen molar-refractivity contribution in [2.45, 2.75) is 31.7 Å². The highest BCUT2D eigenvalue weighted by Gasteiger charge is 2.27. The Morgan fingerprint density at radius 2 is 2.21 bits per heavy atom. The van der Waals surface area contributed by atoms with Gasteiger partial charge in [0, 0.05) is 16.4 Å². The topological polar surface area (TPSA) is 32.3 Å². The summed E-state index contributed by atoms with van der Waals surface area (Å²) in [5, 5.41) is 13.3. The Hall–Kier alpha value is -0.280. The SMILES string of the molecule is OC1=CC(Br)=CC2NCCCCCC12. The zero-order chi connectivity index (χ0) is 9.97. The number of fused-ring (bicyclic) bond motifs is 1. The van der Waals surface area contributed by atoms with Gasteiger partial charge in [-0.15, -0.1) is 0 Å². The standard InChI is InChI=1S/C11H16BrNO/c12-8-6-10-9(11(14)7-8)4-2-1-3-5-13-10/h6-7,9-10,13-14H,1-5H2. The third kappa shape index (κ3) is 2.20. The Morgan fingerprint density at radius 3 is 3.07 bits per heavy atom. The second-order valence-electron chi connectivity index (χ2n) is 4.06. The maximum atomic E-state index is 9.84. The summed E-state index contributed by atoms with van der Waals surface area (Å²) in [4.78, 5) is 0. The first-order valence-corrected chi connectivity index (χ1v) is 6.08. The van der Waals surface area contributed by atoms with Gasteiger partial charge in [0.15, 0.2) is 0 Å². The highest BCUT2D eigenvalue weighted by atomic mass is 79.9. The van der Waals surface area contributed by atoms with Crippen LogP contribution in [0.15, 0.2) is 22.4 Å². The van der Waals surface area contributed by atoms with Crippen LogP contribution in [-0.2, 0) is 0 Å². The minimum absolute atomic E-state index is 0.289. The summed E-state index contributed by atoms with van der Waals surface area (Å²) in [6.07, 6.45) is 8.83. The van der Waals surface area contributed by atoms with Gasteiger partial charge in [0.2, 0.25) is 0 Å². The third-order valence-corrected chi connectivity index (χ3v) is 3.50. The summed E-state index contributed by atoms with van der Waals surface area (Å²) in [5.41, 5.74) is 0. The molecule has 2 rings (SSSR count). The van der Waals surface area contributed by atoms with Gasteiger partial charge in [0.25, 0.3) is 0 Å². The van der Waals surface area contributed by atoms with Crippen molar-refractivity contribution in [1.29, 1.82) is 0 Å². The lowest BCUT2D eigenvalue weighted by atomic mass is 9.87. The van der Waals surface area contributed by atoms with Crippen LogP contribution < -0.4 is 5.32 Å². The van der Waals surface area contributed by atoms with Gasteiger partial charge in [-0.3, -0.25) is 0 Å². The molecule has 0 bridgehead atoms. The summed E-state index contributed by atoms with van der Waals surface area (Å²) in [6, 6.07) is 0.315. The van der Waals surface area contributed by atoms with Crippen molar-refractivity contribution < 1.29 is 5.11 Å². The molecule has 2 aliphatic rings. The Morgan fingerprint density at radius 1 is 1.36 bits per heavy atom. The quantitative estimate of drug-likeness (QED) is 0.700. The van der Waals surface area contributed by atoms with Crippen LogP contribution in [0.25, 0.3) is 0 Å². The summed E-state index contributed by atoms with van der Waals surface area (Å²) in [7, 11) is 0. The second-order valence-corrected chi connectivity index (χ2v) is 4.97. The van der Waals surface area contributed by atoms with Crippen molar-refractivity contribution in [3.8, 4) is 0 Å². The van der Waals surface area contributed by atoms with Gasteiger partial charge in [-0.05, 0) is 25.5 Å². The highest BCUT2D eigenvalue weighted by Crippen LogP contribution is 2.30. The molecule has 14 heavy (non-hydrogen) atoms. The lowest BCUT2D eigenvalue weighted by molar-refractivity contribution is 0.266. The molecule has 0 amide bonds. The molecule has 0 aromatic rings. The fourth-order valence-electron chi connectivity index (χ4n) is 2.23. The van der Waals surface area contributed by atoms with Crippen LogP contribution in [0, 0.1) is 5.92 Å². The summed E-state index contributed by atoms with van der Waals surface area (Å²) in [5.74, 6) is 0.815. The number of nitrogens with one attached hydrogen (secondary N) is 1. The molecule has 1 aliphatic carbocycles. The van der Waals surface area contributed by atoms with Crippen LogP contribution >= 0.6 is 15.9 Å². The van der Waals surface area contributed by atoms with Gasteiger partial charge < -0.3 is 10.4 Å². The molecule has 78 valence electrons. The smallest absolute Gasteiger partial charge is 0.0983 e. The predicted molar refractivity (Wildman–Crippen MR) is 61.5 cm³/mol. The van der Waals surface area contributed by atoms with E-state index in [4.69, 9.17) is 0 Å². The van der Waals surface area contributed by atoms with Crippen LogP contribution in [0.4, 0.5) is 0 Å².